The van der Waals surface area contributed by atoms with E-state index in [-0.39, 0.29) is 11.9 Å². The third-order valence-corrected chi connectivity index (χ3v) is 7.26. The van der Waals surface area contributed by atoms with Crippen LogP contribution in [0.1, 0.15) is 25.3 Å². The van der Waals surface area contributed by atoms with Gasteiger partial charge in [0.15, 0.2) is 5.65 Å². The highest BCUT2D eigenvalue weighted by Crippen LogP contribution is 2.33. The highest BCUT2D eigenvalue weighted by atomic mass is 32.2. The van der Waals surface area contributed by atoms with E-state index < -0.39 is 24.5 Å². The lowest BCUT2D eigenvalue weighted by atomic mass is 10.1. The van der Waals surface area contributed by atoms with Crippen LogP contribution < -0.4 is 16.8 Å². The van der Waals surface area contributed by atoms with Crippen LogP contribution in [0.4, 0.5) is 5.82 Å². The highest BCUT2D eigenvalue weighted by Gasteiger charge is 2.28. The molecule has 2 unspecified atom stereocenters. The zero-order valence-electron chi connectivity index (χ0n) is 20.2. The minimum Gasteiger partial charge on any atom is -0.480 e. The Kier molecular flexibility index (Phi) is 8.56. The molecule has 13 heteroatoms. The first-order valence-corrected chi connectivity index (χ1v) is 13.1. The van der Waals surface area contributed by atoms with Gasteiger partial charge in [0.05, 0.1) is 17.5 Å². The predicted octanol–water partition coefficient (Wildman–Crippen LogP) is 0.890. The monoisotopic (exact) mass is 526 g/mol. The predicted molar refractivity (Wildman–Crippen MR) is 141 cm³/mol. The second-order valence-corrected chi connectivity index (χ2v) is 9.95. The molecule has 1 saturated heterocycles. The minimum atomic E-state index is -1.13. The molecule has 0 aliphatic carbocycles. The van der Waals surface area contributed by atoms with E-state index in [4.69, 9.17) is 21.7 Å². The molecule has 0 radical (unpaired) electrons. The second-order valence-electron chi connectivity index (χ2n) is 8.80. The molecule has 37 heavy (non-hydrogen) atoms. The fraction of sp³-hybridized carbons (Fsp3) is 0.417. The van der Waals surface area contributed by atoms with Crippen LogP contribution in [0.25, 0.3) is 22.3 Å². The number of nitrogens with one attached hydrogen (secondary N) is 1. The minimum absolute atomic E-state index is 0.0231. The van der Waals surface area contributed by atoms with Crippen molar-refractivity contribution < 1.29 is 19.5 Å². The molecule has 0 spiro atoms. The van der Waals surface area contributed by atoms with Gasteiger partial charge in [-0.2, -0.15) is 16.9 Å². The van der Waals surface area contributed by atoms with Crippen molar-refractivity contribution in [2.75, 3.05) is 36.9 Å². The molecule has 4 rings (SSSR count). The lowest BCUT2D eigenvalue weighted by Gasteiger charge is -2.33. The van der Waals surface area contributed by atoms with Gasteiger partial charge in [0.25, 0.3) is 0 Å². The quantitative estimate of drug-likeness (QED) is 0.277. The maximum absolute atomic E-state index is 12.9. The summed E-state index contributed by atoms with van der Waals surface area (Å²) in [7, 11) is 0. The van der Waals surface area contributed by atoms with Gasteiger partial charge in [-0.25, -0.2) is 14.6 Å². The number of nitrogens with two attached hydrogens (primary N) is 2. The van der Waals surface area contributed by atoms with Crippen LogP contribution in [-0.4, -0.2) is 84.7 Å². The first kappa shape index (κ1) is 26.4. The number of rotatable bonds is 10. The zero-order chi connectivity index (χ0) is 26.4. The number of anilines is 1. The van der Waals surface area contributed by atoms with Gasteiger partial charge in [-0.3, -0.25) is 14.4 Å². The summed E-state index contributed by atoms with van der Waals surface area (Å²) in [6.07, 6.45) is 3.43. The van der Waals surface area contributed by atoms with Crippen molar-refractivity contribution in [1.82, 2.24) is 30.0 Å². The normalized spacial score (nSPS) is 16.5. The van der Waals surface area contributed by atoms with E-state index >= 15 is 0 Å². The van der Waals surface area contributed by atoms with Crippen molar-refractivity contribution in [1.29, 1.82) is 0 Å². The largest absolute Gasteiger partial charge is 0.480 e. The molecule has 0 saturated carbocycles. The summed E-state index contributed by atoms with van der Waals surface area (Å²) >= 11 is 1.39. The Morgan fingerprint density at radius 2 is 2.00 bits per heavy atom. The Labute approximate surface area is 217 Å². The van der Waals surface area contributed by atoms with Crippen molar-refractivity contribution >= 4 is 46.4 Å². The Hall–Kier alpha value is -3.71. The summed E-state index contributed by atoms with van der Waals surface area (Å²) in [5, 5.41) is 16.5. The van der Waals surface area contributed by atoms with E-state index in [1.165, 1.54) is 18.1 Å². The van der Waals surface area contributed by atoms with E-state index in [1.54, 1.807) is 0 Å². The van der Waals surface area contributed by atoms with E-state index in [2.05, 4.69) is 15.3 Å². The first-order valence-electron chi connectivity index (χ1n) is 12.0. The first-order chi connectivity index (χ1) is 17.8. The number of fused-ring (bicyclic) bond motifs is 1. The van der Waals surface area contributed by atoms with E-state index in [0.717, 1.165) is 24.1 Å². The fourth-order valence-corrected chi connectivity index (χ4v) is 5.22. The number of nitrogens with zero attached hydrogens (tertiary/aromatic N) is 5. The third kappa shape index (κ3) is 6.35. The number of carboxylic acids is 1. The lowest BCUT2D eigenvalue weighted by molar-refractivity contribution is -0.138. The van der Waals surface area contributed by atoms with Gasteiger partial charge in [-0.15, -0.1) is 0 Å². The fourth-order valence-electron chi connectivity index (χ4n) is 4.33. The van der Waals surface area contributed by atoms with Gasteiger partial charge in [0.2, 0.25) is 11.8 Å². The van der Waals surface area contributed by atoms with Gasteiger partial charge in [-0.1, -0.05) is 30.3 Å². The summed E-state index contributed by atoms with van der Waals surface area (Å²) in [5.41, 5.74) is 14.3. The summed E-state index contributed by atoms with van der Waals surface area (Å²) in [6, 6.07) is 8.87. The molecule has 2 amide bonds. The van der Waals surface area contributed by atoms with Gasteiger partial charge in [-0.05, 0) is 12.8 Å². The number of aromatic nitrogens is 4. The summed E-state index contributed by atoms with van der Waals surface area (Å²) < 4.78 is 1.87. The van der Waals surface area contributed by atoms with Gasteiger partial charge in [0, 0.05) is 36.6 Å². The third-order valence-electron chi connectivity index (χ3n) is 6.17. The summed E-state index contributed by atoms with van der Waals surface area (Å²) in [6.45, 7) is 0.706. The van der Waals surface area contributed by atoms with Crippen molar-refractivity contribution in [3.63, 3.8) is 0 Å². The maximum Gasteiger partial charge on any atom is 0.322 e. The number of nitrogen functional groups attached to an aromatic ring is 1. The van der Waals surface area contributed by atoms with Crippen LogP contribution in [0.15, 0.2) is 36.7 Å². The molecule has 2 aromatic heterocycles. The Balaban J connectivity index is 1.38. The van der Waals surface area contributed by atoms with Crippen LogP contribution in [0, 0.1) is 0 Å². The van der Waals surface area contributed by atoms with Crippen LogP contribution in [0.3, 0.4) is 0 Å². The number of carboxylic acid groups (broad SMARTS) is 1. The number of likely N-dealkylation sites (tertiary alicyclic amines) is 1. The Bertz CT molecular complexity index is 1270. The molecule has 1 aliphatic heterocycles. The molecule has 1 aliphatic rings. The number of hydrogen-bond donors (Lipinski definition) is 4. The molecule has 0 bridgehead atoms. The van der Waals surface area contributed by atoms with Gasteiger partial charge < -0.3 is 26.8 Å². The van der Waals surface area contributed by atoms with Crippen molar-refractivity contribution in [2.24, 2.45) is 5.73 Å². The zero-order valence-corrected chi connectivity index (χ0v) is 21.1. The Morgan fingerprint density at radius 3 is 2.76 bits per heavy atom. The highest BCUT2D eigenvalue weighted by molar-refractivity contribution is 7.99. The lowest BCUT2D eigenvalue weighted by Crippen LogP contribution is -2.44. The molecule has 3 aromatic rings. The number of benzene rings is 1. The number of thioether (sulfide) groups is 1. The van der Waals surface area contributed by atoms with Crippen molar-refractivity contribution in [3.05, 3.63) is 36.7 Å². The molecule has 3 heterocycles. The maximum atomic E-state index is 12.9. The van der Waals surface area contributed by atoms with Crippen LogP contribution in [0.2, 0.25) is 0 Å². The topological polar surface area (TPSA) is 182 Å². The smallest absolute Gasteiger partial charge is 0.322 e. The molecule has 6 N–H and O–H groups in total. The average molecular weight is 527 g/mol. The standard InChI is InChI=1S/C24H30N8O4S/c25-17(24(36)27-11-19(34)35)13-37-10-8-18(33)31-9-4-7-16(12-31)32-23-20(22(26)28-14-29-23)21(30-32)15-5-2-1-3-6-15/h1-3,5-6,14,16-17H,4,7-13,25H2,(H,27,36)(H,34,35)(H2,26,28,29). The Morgan fingerprint density at radius 1 is 1.22 bits per heavy atom. The number of piperidine rings is 1. The van der Waals surface area contributed by atoms with E-state index in [1.807, 2.05) is 39.9 Å². The second kappa shape index (κ2) is 12.0. The van der Waals surface area contributed by atoms with Crippen LogP contribution >= 0.6 is 11.8 Å². The van der Waals surface area contributed by atoms with E-state index in [9.17, 15) is 14.4 Å². The average Bonchev–Trinajstić information content (AvgIpc) is 3.31. The van der Waals surface area contributed by atoms with Gasteiger partial charge in [0.1, 0.15) is 24.4 Å². The number of amides is 2. The number of hydrogen-bond acceptors (Lipinski definition) is 9. The van der Waals surface area contributed by atoms with Gasteiger partial charge >= 0.3 is 5.97 Å². The number of aliphatic carboxylic acids is 1. The van der Waals surface area contributed by atoms with Crippen molar-refractivity contribution in [2.45, 2.75) is 31.3 Å². The van der Waals surface area contributed by atoms with Crippen LogP contribution in [-0.2, 0) is 14.4 Å². The molecular weight excluding hydrogens is 496 g/mol. The van der Waals surface area contributed by atoms with Crippen molar-refractivity contribution in [3.8, 4) is 11.3 Å². The molecule has 196 valence electrons. The molecule has 1 aromatic carbocycles. The molecule has 1 fully saturated rings. The van der Waals surface area contributed by atoms with E-state index in [0.29, 0.717) is 47.9 Å². The molecule has 12 nitrogen and oxygen atoms in total. The molecule has 2 atom stereocenters. The summed E-state index contributed by atoms with van der Waals surface area (Å²) in [5.74, 6) is -0.461. The summed E-state index contributed by atoms with van der Waals surface area (Å²) in [4.78, 5) is 45.8. The van der Waals surface area contributed by atoms with Crippen LogP contribution in [0.5, 0.6) is 0 Å². The SMILES string of the molecule is Nc1ncnc2c1c(-c1ccccc1)nn2C1CCCN(C(=O)CCSCC(N)C(=O)NCC(=O)O)C1. The number of carbonyl (C=O) groups excluding carboxylic acids is 2. The molecular formula is C24H30N8O4S. The number of carbonyl (C=O) groups is 3.